The molecule has 0 aliphatic carbocycles. The van der Waals surface area contributed by atoms with Crippen LogP contribution in [0.15, 0.2) is 45.1 Å². The van der Waals surface area contributed by atoms with E-state index in [1.54, 1.807) is 26.0 Å². The van der Waals surface area contributed by atoms with Gasteiger partial charge in [0, 0.05) is 29.0 Å². The summed E-state index contributed by atoms with van der Waals surface area (Å²) in [5.74, 6) is 0.298. The van der Waals surface area contributed by atoms with Gasteiger partial charge in [0.2, 0.25) is 0 Å². The van der Waals surface area contributed by atoms with E-state index in [0.29, 0.717) is 23.3 Å². The van der Waals surface area contributed by atoms with Gasteiger partial charge in [0.15, 0.2) is 0 Å². The van der Waals surface area contributed by atoms with Gasteiger partial charge in [-0.2, -0.15) is 0 Å². The van der Waals surface area contributed by atoms with E-state index in [-0.39, 0.29) is 12.1 Å². The first-order valence-corrected chi connectivity index (χ1v) is 7.90. The first-order chi connectivity index (χ1) is 11.3. The standard InChI is InChI=1S/C19H20O5/c1-5-11(2)18(21)24-19(3,4)15-10-13-14(22-15)8-6-12-7-9-16(20)23-17(12)13/h5-9,15H,10H2,1-4H3/b11-5-. The molecule has 0 saturated carbocycles. The highest BCUT2D eigenvalue weighted by molar-refractivity contribution is 5.88. The van der Waals surface area contributed by atoms with E-state index >= 15 is 0 Å². The molecule has 1 aromatic carbocycles. The van der Waals surface area contributed by atoms with Crippen LogP contribution in [0.4, 0.5) is 0 Å². The van der Waals surface area contributed by atoms with E-state index in [2.05, 4.69) is 0 Å². The van der Waals surface area contributed by atoms with E-state index in [9.17, 15) is 9.59 Å². The van der Waals surface area contributed by atoms with Gasteiger partial charge in [-0.25, -0.2) is 9.59 Å². The molecule has 0 fully saturated rings. The van der Waals surface area contributed by atoms with E-state index in [0.717, 1.165) is 10.9 Å². The molecule has 5 nitrogen and oxygen atoms in total. The van der Waals surface area contributed by atoms with Crippen molar-refractivity contribution >= 4 is 16.9 Å². The van der Waals surface area contributed by atoms with Crippen LogP contribution in [0.2, 0.25) is 0 Å². The summed E-state index contributed by atoms with van der Waals surface area (Å²) >= 11 is 0. The third-order valence-corrected chi connectivity index (χ3v) is 4.39. The van der Waals surface area contributed by atoms with Crippen molar-refractivity contribution in [1.82, 2.24) is 0 Å². The average molecular weight is 328 g/mol. The zero-order valence-corrected chi connectivity index (χ0v) is 14.2. The summed E-state index contributed by atoms with van der Waals surface area (Å²) in [4.78, 5) is 23.6. The Morgan fingerprint density at radius 3 is 2.71 bits per heavy atom. The maximum Gasteiger partial charge on any atom is 0.336 e. The monoisotopic (exact) mass is 328 g/mol. The fourth-order valence-electron chi connectivity index (χ4n) is 2.75. The number of esters is 1. The molecule has 2 aromatic rings. The zero-order valence-electron chi connectivity index (χ0n) is 14.2. The van der Waals surface area contributed by atoms with Crippen molar-refractivity contribution in [3.8, 4) is 5.75 Å². The predicted molar refractivity (Wildman–Crippen MR) is 90.2 cm³/mol. The lowest BCUT2D eigenvalue weighted by atomic mass is 9.96. The molecule has 0 N–H and O–H groups in total. The highest BCUT2D eigenvalue weighted by Crippen LogP contribution is 2.38. The number of allylic oxidation sites excluding steroid dienone is 1. The van der Waals surface area contributed by atoms with Gasteiger partial charge in [0.25, 0.3) is 0 Å². The number of hydrogen-bond donors (Lipinski definition) is 0. The van der Waals surface area contributed by atoms with Crippen molar-refractivity contribution in [3.63, 3.8) is 0 Å². The van der Waals surface area contributed by atoms with Crippen molar-refractivity contribution < 1.29 is 18.7 Å². The van der Waals surface area contributed by atoms with Crippen LogP contribution in [-0.4, -0.2) is 17.7 Å². The molecule has 2 heterocycles. The smallest absolute Gasteiger partial charge is 0.336 e. The summed E-state index contributed by atoms with van der Waals surface area (Å²) in [6.07, 6.45) is 1.87. The Balaban J connectivity index is 1.90. The molecule has 1 atom stereocenters. The molecule has 0 saturated heterocycles. The van der Waals surface area contributed by atoms with Gasteiger partial charge in [-0.1, -0.05) is 6.08 Å². The largest absolute Gasteiger partial charge is 0.485 e. The van der Waals surface area contributed by atoms with Crippen molar-refractivity contribution in [2.75, 3.05) is 0 Å². The topological polar surface area (TPSA) is 65.7 Å². The molecule has 0 spiro atoms. The van der Waals surface area contributed by atoms with Gasteiger partial charge in [-0.3, -0.25) is 0 Å². The first kappa shape index (κ1) is 16.3. The van der Waals surface area contributed by atoms with Crippen LogP contribution >= 0.6 is 0 Å². The third kappa shape index (κ3) is 2.82. The number of fused-ring (bicyclic) bond motifs is 3. The number of benzene rings is 1. The molecule has 0 bridgehead atoms. The van der Waals surface area contributed by atoms with E-state index in [4.69, 9.17) is 13.9 Å². The molecule has 0 amide bonds. The summed E-state index contributed by atoms with van der Waals surface area (Å²) in [5, 5.41) is 0.845. The summed E-state index contributed by atoms with van der Waals surface area (Å²) in [6, 6.07) is 6.83. The van der Waals surface area contributed by atoms with Crippen LogP contribution in [0, 0.1) is 0 Å². The lowest BCUT2D eigenvalue weighted by molar-refractivity contribution is -0.159. The molecule has 126 valence electrons. The predicted octanol–water partition coefficient (Wildman–Crippen LogP) is 3.38. The molecule has 3 rings (SSSR count). The van der Waals surface area contributed by atoms with Crippen molar-refractivity contribution in [1.29, 1.82) is 0 Å². The van der Waals surface area contributed by atoms with Crippen LogP contribution in [0.25, 0.3) is 11.0 Å². The lowest BCUT2D eigenvalue weighted by Crippen LogP contribution is -2.43. The van der Waals surface area contributed by atoms with Crippen LogP contribution in [0.3, 0.4) is 0 Å². The second-order valence-electron chi connectivity index (χ2n) is 6.49. The Bertz CT molecular complexity index is 888. The van der Waals surface area contributed by atoms with Gasteiger partial charge >= 0.3 is 11.6 Å². The van der Waals surface area contributed by atoms with Crippen LogP contribution in [0.5, 0.6) is 5.75 Å². The Morgan fingerprint density at radius 2 is 2.00 bits per heavy atom. The SMILES string of the molecule is C/C=C(/C)C(=O)OC(C)(C)C1Cc2c(ccc3ccc(=O)oc23)O1. The Kier molecular flexibility index (Phi) is 3.95. The summed E-state index contributed by atoms with van der Waals surface area (Å²) in [6.45, 7) is 7.15. The van der Waals surface area contributed by atoms with Gasteiger partial charge in [0.05, 0.1) is 0 Å². The minimum atomic E-state index is -0.818. The Labute approximate surface area is 139 Å². The average Bonchev–Trinajstić information content (AvgIpc) is 2.99. The number of carbonyl (C=O) groups is 1. The summed E-state index contributed by atoms with van der Waals surface area (Å²) < 4.78 is 16.9. The van der Waals surface area contributed by atoms with Gasteiger partial charge in [-0.15, -0.1) is 0 Å². The molecule has 1 aromatic heterocycles. The molecule has 1 aliphatic rings. The molecule has 5 heteroatoms. The normalized spacial score (nSPS) is 17.5. The highest BCUT2D eigenvalue weighted by atomic mass is 16.6. The molecular formula is C19H20O5. The maximum atomic E-state index is 12.1. The van der Waals surface area contributed by atoms with Crippen LogP contribution < -0.4 is 10.4 Å². The van der Waals surface area contributed by atoms with Crippen LogP contribution in [-0.2, 0) is 16.0 Å². The molecule has 1 unspecified atom stereocenters. The molecule has 24 heavy (non-hydrogen) atoms. The van der Waals surface area contributed by atoms with E-state index < -0.39 is 11.2 Å². The summed E-state index contributed by atoms with van der Waals surface area (Å²) in [7, 11) is 0. The second kappa shape index (κ2) is 5.82. The quantitative estimate of drug-likeness (QED) is 0.491. The van der Waals surface area contributed by atoms with E-state index in [1.807, 2.05) is 26.0 Å². The molecular weight excluding hydrogens is 308 g/mol. The lowest BCUT2D eigenvalue weighted by Gasteiger charge is -2.30. The molecule has 0 radical (unpaired) electrons. The minimum absolute atomic E-state index is 0.350. The fraction of sp³-hybridized carbons (Fsp3) is 0.368. The first-order valence-electron chi connectivity index (χ1n) is 7.90. The second-order valence-corrected chi connectivity index (χ2v) is 6.49. The van der Waals surface area contributed by atoms with E-state index in [1.165, 1.54) is 6.07 Å². The number of ether oxygens (including phenoxy) is 2. The summed E-state index contributed by atoms with van der Waals surface area (Å²) in [5.41, 5.74) is 0.710. The van der Waals surface area contributed by atoms with Crippen molar-refractivity contribution in [2.45, 2.75) is 45.8 Å². The minimum Gasteiger partial charge on any atom is -0.485 e. The van der Waals surface area contributed by atoms with Gasteiger partial charge in [0.1, 0.15) is 23.0 Å². The van der Waals surface area contributed by atoms with Gasteiger partial charge < -0.3 is 13.9 Å². The third-order valence-electron chi connectivity index (χ3n) is 4.39. The number of rotatable bonds is 3. The fourth-order valence-corrected chi connectivity index (χ4v) is 2.75. The number of carbonyl (C=O) groups excluding carboxylic acids is 1. The maximum absolute atomic E-state index is 12.1. The highest BCUT2D eigenvalue weighted by Gasteiger charge is 2.40. The van der Waals surface area contributed by atoms with Crippen LogP contribution in [0.1, 0.15) is 33.3 Å². The zero-order chi connectivity index (χ0) is 17.5. The Hall–Kier alpha value is -2.56. The number of hydrogen-bond acceptors (Lipinski definition) is 5. The molecule has 1 aliphatic heterocycles. The van der Waals surface area contributed by atoms with Gasteiger partial charge in [-0.05, 0) is 45.9 Å². The van der Waals surface area contributed by atoms with Crippen molar-refractivity contribution in [2.24, 2.45) is 0 Å². The van der Waals surface area contributed by atoms with Crippen molar-refractivity contribution in [3.05, 3.63) is 51.9 Å². The Morgan fingerprint density at radius 1 is 1.29 bits per heavy atom.